The molecule has 0 aliphatic heterocycles. The maximum Gasteiger partial charge on any atom is 0.170 e. The Kier molecular flexibility index (Phi) is 5.14. The van der Waals surface area contributed by atoms with E-state index >= 15 is 0 Å². The molecule has 2 aromatic rings. The number of anilines is 1. The Morgan fingerprint density at radius 1 is 1.40 bits per heavy atom. The normalized spacial score (nSPS) is 10.3. The summed E-state index contributed by atoms with van der Waals surface area (Å²) in [5.74, 6) is 0. The van der Waals surface area contributed by atoms with E-state index in [1.165, 1.54) is 11.1 Å². The molecular weight excluding hydrogens is 336 g/mol. The number of thiocarbonyl (C=S) groups is 1. The van der Waals surface area contributed by atoms with Gasteiger partial charge in [0.05, 0.1) is 17.2 Å². The molecule has 106 valence electrons. The fraction of sp³-hybridized carbons (Fsp3) is 0.286. The molecule has 0 unspecified atom stereocenters. The summed E-state index contributed by atoms with van der Waals surface area (Å²) in [6.45, 7) is 5.67. The van der Waals surface area contributed by atoms with Crippen molar-refractivity contribution in [2.75, 3.05) is 11.9 Å². The molecule has 0 spiro atoms. The SMILES string of the molecule is Cc1cccc(NC(=S)NCCn2cc(Br)cn2)c1C. The van der Waals surface area contributed by atoms with E-state index in [1.807, 2.05) is 23.0 Å². The summed E-state index contributed by atoms with van der Waals surface area (Å²) < 4.78 is 2.84. The standard InChI is InChI=1S/C14H17BrN4S/c1-10-4-3-5-13(11(10)2)18-14(20)16-6-7-19-9-12(15)8-17-19/h3-5,8-9H,6-7H2,1-2H3,(H2,16,18,20). The van der Waals surface area contributed by atoms with Crippen LogP contribution in [0.1, 0.15) is 11.1 Å². The van der Waals surface area contributed by atoms with Crippen LogP contribution in [0.15, 0.2) is 35.1 Å². The first-order valence-corrected chi connectivity index (χ1v) is 7.55. The average Bonchev–Trinajstić information content (AvgIpc) is 2.81. The highest BCUT2D eigenvalue weighted by atomic mass is 79.9. The largest absolute Gasteiger partial charge is 0.361 e. The van der Waals surface area contributed by atoms with Crippen LogP contribution in [0, 0.1) is 13.8 Å². The fourth-order valence-corrected chi connectivity index (χ4v) is 2.34. The van der Waals surface area contributed by atoms with E-state index in [2.05, 4.69) is 51.6 Å². The second kappa shape index (κ2) is 6.85. The highest BCUT2D eigenvalue weighted by Crippen LogP contribution is 2.17. The number of rotatable bonds is 4. The van der Waals surface area contributed by atoms with Crippen LogP contribution < -0.4 is 10.6 Å². The molecule has 1 heterocycles. The van der Waals surface area contributed by atoms with Crippen molar-refractivity contribution in [1.82, 2.24) is 15.1 Å². The quantitative estimate of drug-likeness (QED) is 0.828. The first kappa shape index (κ1) is 15.0. The van der Waals surface area contributed by atoms with Crippen LogP contribution in [-0.2, 0) is 6.54 Å². The third-order valence-corrected chi connectivity index (χ3v) is 3.74. The first-order valence-electron chi connectivity index (χ1n) is 6.35. The van der Waals surface area contributed by atoms with Crippen molar-refractivity contribution < 1.29 is 0 Å². The third kappa shape index (κ3) is 4.05. The number of hydrogen-bond acceptors (Lipinski definition) is 2. The van der Waals surface area contributed by atoms with Crippen molar-refractivity contribution in [2.24, 2.45) is 0 Å². The van der Waals surface area contributed by atoms with Gasteiger partial charge in [-0.1, -0.05) is 12.1 Å². The Morgan fingerprint density at radius 3 is 2.90 bits per heavy atom. The summed E-state index contributed by atoms with van der Waals surface area (Å²) in [5, 5.41) is 11.2. The molecule has 0 amide bonds. The smallest absolute Gasteiger partial charge is 0.170 e. The Morgan fingerprint density at radius 2 is 2.20 bits per heavy atom. The van der Waals surface area contributed by atoms with Crippen molar-refractivity contribution >= 4 is 38.9 Å². The van der Waals surface area contributed by atoms with E-state index in [0.717, 1.165) is 23.2 Å². The van der Waals surface area contributed by atoms with Crippen LogP contribution in [0.2, 0.25) is 0 Å². The van der Waals surface area contributed by atoms with Gasteiger partial charge >= 0.3 is 0 Å². The Hall–Kier alpha value is -1.40. The predicted octanol–water partition coefficient (Wildman–Crippen LogP) is 3.25. The van der Waals surface area contributed by atoms with Crippen LogP contribution in [0.3, 0.4) is 0 Å². The fourth-order valence-electron chi connectivity index (χ4n) is 1.80. The van der Waals surface area contributed by atoms with E-state index in [-0.39, 0.29) is 0 Å². The van der Waals surface area contributed by atoms with Crippen molar-refractivity contribution in [3.05, 3.63) is 46.2 Å². The molecule has 0 aliphatic rings. The maximum absolute atomic E-state index is 5.30. The number of halogens is 1. The summed E-state index contributed by atoms with van der Waals surface area (Å²) in [4.78, 5) is 0. The highest BCUT2D eigenvalue weighted by molar-refractivity contribution is 9.10. The van der Waals surface area contributed by atoms with Gasteiger partial charge in [-0.05, 0) is 59.2 Å². The van der Waals surface area contributed by atoms with Gasteiger partial charge < -0.3 is 10.6 Å². The molecule has 0 saturated carbocycles. The summed E-state index contributed by atoms with van der Waals surface area (Å²) >= 11 is 8.67. The zero-order valence-corrected chi connectivity index (χ0v) is 13.9. The molecule has 2 N–H and O–H groups in total. The average molecular weight is 353 g/mol. The minimum atomic E-state index is 0.630. The number of nitrogens with zero attached hydrogens (tertiary/aromatic N) is 2. The van der Waals surface area contributed by atoms with E-state index < -0.39 is 0 Å². The molecule has 0 saturated heterocycles. The molecule has 0 fully saturated rings. The topological polar surface area (TPSA) is 41.9 Å². The summed E-state index contributed by atoms with van der Waals surface area (Å²) in [7, 11) is 0. The van der Waals surface area contributed by atoms with Gasteiger partial charge in [-0.15, -0.1) is 0 Å². The predicted molar refractivity (Wildman–Crippen MR) is 90.1 cm³/mol. The number of benzene rings is 1. The third-order valence-electron chi connectivity index (χ3n) is 3.08. The van der Waals surface area contributed by atoms with E-state index in [9.17, 15) is 0 Å². The van der Waals surface area contributed by atoms with Crippen molar-refractivity contribution in [3.63, 3.8) is 0 Å². The van der Waals surface area contributed by atoms with Crippen LogP contribution in [0.25, 0.3) is 0 Å². The van der Waals surface area contributed by atoms with Crippen LogP contribution in [0.5, 0.6) is 0 Å². The molecule has 0 aliphatic carbocycles. The molecular formula is C14H17BrN4S. The zero-order valence-electron chi connectivity index (χ0n) is 11.5. The van der Waals surface area contributed by atoms with Gasteiger partial charge in [0.2, 0.25) is 0 Å². The highest BCUT2D eigenvalue weighted by Gasteiger charge is 2.02. The minimum absolute atomic E-state index is 0.630. The monoisotopic (exact) mass is 352 g/mol. The van der Waals surface area contributed by atoms with E-state index in [0.29, 0.717) is 5.11 Å². The van der Waals surface area contributed by atoms with Gasteiger partial charge in [-0.3, -0.25) is 4.68 Å². The van der Waals surface area contributed by atoms with Crippen LogP contribution >= 0.6 is 28.1 Å². The summed E-state index contributed by atoms with van der Waals surface area (Å²) in [6.07, 6.45) is 3.70. The Labute approximate surface area is 132 Å². The lowest BCUT2D eigenvalue weighted by Gasteiger charge is -2.13. The van der Waals surface area contributed by atoms with Gasteiger partial charge in [-0.25, -0.2) is 0 Å². The van der Waals surface area contributed by atoms with Crippen molar-refractivity contribution in [1.29, 1.82) is 0 Å². The van der Waals surface area contributed by atoms with Crippen LogP contribution in [0.4, 0.5) is 5.69 Å². The molecule has 1 aromatic carbocycles. The molecule has 6 heteroatoms. The lowest BCUT2D eigenvalue weighted by molar-refractivity contribution is 0.604. The summed E-state index contributed by atoms with van der Waals surface area (Å²) in [6, 6.07) is 6.14. The molecule has 0 bridgehead atoms. The van der Waals surface area contributed by atoms with Gasteiger partial charge in [0.15, 0.2) is 5.11 Å². The zero-order chi connectivity index (χ0) is 14.5. The first-order chi connectivity index (χ1) is 9.56. The second-order valence-corrected chi connectivity index (χ2v) is 5.87. The minimum Gasteiger partial charge on any atom is -0.361 e. The summed E-state index contributed by atoms with van der Waals surface area (Å²) in [5.41, 5.74) is 3.51. The van der Waals surface area contributed by atoms with Gasteiger partial charge in [0.25, 0.3) is 0 Å². The Balaban J connectivity index is 1.82. The molecule has 1 aromatic heterocycles. The number of hydrogen-bond donors (Lipinski definition) is 2. The van der Waals surface area contributed by atoms with Gasteiger partial charge in [0, 0.05) is 18.4 Å². The maximum atomic E-state index is 5.30. The van der Waals surface area contributed by atoms with E-state index in [1.54, 1.807) is 6.20 Å². The molecule has 20 heavy (non-hydrogen) atoms. The second-order valence-electron chi connectivity index (χ2n) is 4.55. The van der Waals surface area contributed by atoms with Crippen molar-refractivity contribution in [2.45, 2.75) is 20.4 Å². The molecule has 0 radical (unpaired) electrons. The van der Waals surface area contributed by atoms with E-state index in [4.69, 9.17) is 12.2 Å². The number of nitrogens with one attached hydrogen (secondary N) is 2. The lowest BCUT2D eigenvalue weighted by Crippen LogP contribution is -2.31. The molecule has 0 atom stereocenters. The van der Waals surface area contributed by atoms with Crippen LogP contribution in [-0.4, -0.2) is 21.4 Å². The molecule has 2 rings (SSSR count). The Bertz CT molecular complexity index is 609. The van der Waals surface area contributed by atoms with Gasteiger partial charge in [0.1, 0.15) is 0 Å². The number of aromatic nitrogens is 2. The molecule has 4 nitrogen and oxygen atoms in total. The number of aryl methyl sites for hydroxylation is 1. The van der Waals surface area contributed by atoms with Crippen molar-refractivity contribution in [3.8, 4) is 0 Å². The van der Waals surface area contributed by atoms with Gasteiger partial charge in [-0.2, -0.15) is 5.10 Å². The lowest BCUT2D eigenvalue weighted by atomic mass is 10.1.